The molecule has 9 nitrogen and oxygen atoms in total. The van der Waals surface area contributed by atoms with Gasteiger partial charge in [-0.3, -0.25) is 0 Å². The van der Waals surface area contributed by atoms with Crippen LogP contribution < -0.4 is 14.2 Å². The molecule has 164 valence electrons. The standard InChI is InChI=1S/C19H24N2O7S2/c1-26-15-4-7-17(8-5-15)29(22,23)20-10-12-21(13-11-20)30(24,25)19-14-16(27-2)6-9-18(19)28-3/h4-9,14H,10-13H2,1-3H3. The second-order valence-electron chi connectivity index (χ2n) is 6.50. The zero-order chi connectivity index (χ0) is 21.9. The molecule has 0 N–H and O–H groups in total. The molecule has 30 heavy (non-hydrogen) atoms. The predicted molar refractivity (Wildman–Crippen MR) is 110 cm³/mol. The topological polar surface area (TPSA) is 102 Å². The van der Waals surface area contributed by atoms with Gasteiger partial charge in [-0.2, -0.15) is 8.61 Å². The van der Waals surface area contributed by atoms with Crippen LogP contribution in [-0.2, 0) is 20.0 Å². The minimum Gasteiger partial charge on any atom is -0.497 e. The van der Waals surface area contributed by atoms with Gasteiger partial charge in [0.15, 0.2) is 0 Å². The molecule has 2 aromatic carbocycles. The Morgan fingerprint density at radius 3 is 1.67 bits per heavy atom. The highest BCUT2D eigenvalue weighted by atomic mass is 32.2. The van der Waals surface area contributed by atoms with Crippen molar-refractivity contribution in [2.45, 2.75) is 9.79 Å². The van der Waals surface area contributed by atoms with E-state index in [0.29, 0.717) is 11.5 Å². The molecule has 1 heterocycles. The van der Waals surface area contributed by atoms with E-state index < -0.39 is 20.0 Å². The average Bonchev–Trinajstić information content (AvgIpc) is 2.78. The van der Waals surface area contributed by atoms with Crippen molar-refractivity contribution in [2.75, 3.05) is 47.5 Å². The Bertz CT molecular complexity index is 1090. The molecule has 0 atom stereocenters. The van der Waals surface area contributed by atoms with E-state index in [2.05, 4.69) is 0 Å². The summed E-state index contributed by atoms with van der Waals surface area (Å²) in [4.78, 5) is 0.116. The molecule has 0 bridgehead atoms. The molecular formula is C19H24N2O7S2. The lowest BCUT2D eigenvalue weighted by Crippen LogP contribution is -2.50. The Morgan fingerprint density at radius 1 is 0.667 bits per heavy atom. The van der Waals surface area contributed by atoms with Crippen LogP contribution in [0.25, 0.3) is 0 Å². The van der Waals surface area contributed by atoms with Crippen LogP contribution >= 0.6 is 0 Å². The molecule has 0 amide bonds. The lowest BCUT2D eigenvalue weighted by molar-refractivity contribution is 0.272. The molecule has 3 rings (SSSR count). The molecule has 11 heteroatoms. The average molecular weight is 457 g/mol. The fourth-order valence-corrected chi connectivity index (χ4v) is 6.19. The maximum Gasteiger partial charge on any atom is 0.246 e. The van der Waals surface area contributed by atoms with Crippen molar-refractivity contribution in [3.63, 3.8) is 0 Å². The summed E-state index contributed by atoms with van der Waals surface area (Å²) in [5.74, 6) is 1.14. The van der Waals surface area contributed by atoms with Crippen molar-refractivity contribution in [1.29, 1.82) is 0 Å². The van der Waals surface area contributed by atoms with Gasteiger partial charge < -0.3 is 14.2 Å². The molecule has 0 aromatic heterocycles. The molecule has 2 aromatic rings. The first-order valence-electron chi connectivity index (χ1n) is 9.10. The third kappa shape index (κ3) is 4.24. The Balaban J connectivity index is 1.79. The maximum absolute atomic E-state index is 13.1. The van der Waals surface area contributed by atoms with Gasteiger partial charge in [-0.25, -0.2) is 16.8 Å². The van der Waals surface area contributed by atoms with Crippen LogP contribution in [0.2, 0.25) is 0 Å². The van der Waals surface area contributed by atoms with Gasteiger partial charge in [-0.15, -0.1) is 0 Å². The van der Waals surface area contributed by atoms with Crippen molar-refractivity contribution in [3.05, 3.63) is 42.5 Å². The first-order chi connectivity index (χ1) is 14.2. The number of piperazine rings is 1. The quantitative estimate of drug-likeness (QED) is 0.621. The highest BCUT2D eigenvalue weighted by Gasteiger charge is 2.35. The van der Waals surface area contributed by atoms with Crippen LogP contribution in [-0.4, -0.2) is 73.0 Å². The van der Waals surface area contributed by atoms with Crippen molar-refractivity contribution >= 4 is 20.0 Å². The number of rotatable bonds is 7. The van der Waals surface area contributed by atoms with Crippen LogP contribution in [0.1, 0.15) is 0 Å². The van der Waals surface area contributed by atoms with E-state index in [0.717, 1.165) is 0 Å². The molecular weight excluding hydrogens is 432 g/mol. The van der Waals surface area contributed by atoms with Crippen LogP contribution in [0.3, 0.4) is 0 Å². The smallest absolute Gasteiger partial charge is 0.246 e. The lowest BCUT2D eigenvalue weighted by atomic mass is 10.3. The second kappa shape index (κ2) is 8.80. The fraction of sp³-hybridized carbons (Fsp3) is 0.368. The summed E-state index contributed by atoms with van der Waals surface area (Å²) in [6, 6.07) is 10.6. The summed E-state index contributed by atoms with van der Waals surface area (Å²) in [5.41, 5.74) is 0. The summed E-state index contributed by atoms with van der Waals surface area (Å²) in [5, 5.41) is 0. The van der Waals surface area contributed by atoms with E-state index in [1.54, 1.807) is 18.2 Å². The summed E-state index contributed by atoms with van der Waals surface area (Å²) in [7, 11) is -3.29. The van der Waals surface area contributed by atoms with Gasteiger partial charge in [-0.05, 0) is 36.4 Å². The number of hydrogen-bond acceptors (Lipinski definition) is 7. The highest BCUT2D eigenvalue weighted by Crippen LogP contribution is 2.31. The van der Waals surface area contributed by atoms with E-state index in [1.165, 1.54) is 54.2 Å². The molecule has 0 spiro atoms. The zero-order valence-electron chi connectivity index (χ0n) is 16.9. The number of benzene rings is 2. The number of ether oxygens (including phenoxy) is 3. The van der Waals surface area contributed by atoms with E-state index >= 15 is 0 Å². The molecule has 1 fully saturated rings. The van der Waals surface area contributed by atoms with E-state index in [1.807, 2.05) is 0 Å². The highest BCUT2D eigenvalue weighted by molar-refractivity contribution is 7.89. The monoisotopic (exact) mass is 456 g/mol. The van der Waals surface area contributed by atoms with Gasteiger partial charge in [0, 0.05) is 32.2 Å². The van der Waals surface area contributed by atoms with Gasteiger partial charge in [0.05, 0.1) is 26.2 Å². The third-order valence-electron chi connectivity index (χ3n) is 4.88. The molecule has 1 aliphatic heterocycles. The molecule has 0 aliphatic carbocycles. The van der Waals surface area contributed by atoms with Crippen molar-refractivity contribution in [1.82, 2.24) is 8.61 Å². The molecule has 0 unspecified atom stereocenters. The Hall–Kier alpha value is -2.34. The van der Waals surface area contributed by atoms with Gasteiger partial charge in [0.25, 0.3) is 0 Å². The Morgan fingerprint density at radius 2 is 1.17 bits per heavy atom. The molecule has 0 saturated carbocycles. The second-order valence-corrected chi connectivity index (χ2v) is 10.3. The number of sulfonamides is 2. The first-order valence-corrected chi connectivity index (χ1v) is 12.0. The van der Waals surface area contributed by atoms with Crippen LogP contribution in [0.5, 0.6) is 17.2 Å². The lowest BCUT2D eigenvalue weighted by Gasteiger charge is -2.33. The van der Waals surface area contributed by atoms with Gasteiger partial charge in [0.2, 0.25) is 20.0 Å². The summed E-state index contributed by atoms with van der Waals surface area (Å²) in [6.07, 6.45) is 0. The summed E-state index contributed by atoms with van der Waals surface area (Å²) < 4.78 is 70.0. The minimum atomic E-state index is -3.89. The largest absolute Gasteiger partial charge is 0.497 e. The summed E-state index contributed by atoms with van der Waals surface area (Å²) >= 11 is 0. The Kier molecular flexibility index (Phi) is 6.56. The van der Waals surface area contributed by atoms with E-state index in [4.69, 9.17) is 14.2 Å². The minimum absolute atomic E-state index is 0.0178. The maximum atomic E-state index is 13.1. The molecule has 1 saturated heterocycles. The van der Waals surface area contributed by atoms with Gasteiger partial charge in [-0.1, -0.05) is 0 Å². The fourth-order valence-electron chi connectivity index (χ4n) is 3.17. The first kappa shape index (κ1) is 22.3. The number of nitrogens with zero attached hydrogens (tertiary/aromatic N) is 2. The van der Waals surface area contributed by atoms with Crippen molar-refractivity contribution in [3.8, 4) is 17.2 Å². The predicted octanol–water partition coefficient (Wildman–Crippen LogP) is 1.41. The number of hydrogen-bond donors (Lipinski definition) is 0. The van der Waals surface area contributed by atoms with Crippen molar-refractivity contribution < 1.29 is 31.0 Å². The normalized spacial score (nSPS) is 16.2. The van der Waals surface area contributed by atoms with Crippen LogP contribution in [0, 0.1) is 0 Å². The molecule has 0 radical (unpaired) electrons. The zero-order valence-corrected chi connectivity index (χ0v) is 18.6. The molecule has 1 aliphatic rings. The number of methoxy groups -OCH3 is 3. The third-order valence-corrected chi connectivity index (χ3v) is 8.72. The van der Waals surface area contributed by atoms with Crippen LogP contribution in [0.15, 0.2) is 52.3 Å². The summed E-state index contributed by atoms with van der Waals surface area (Å²) in [6.45, 7) is 0.135. The van der Waals surface area contributed by atoms with Gasteiger partial charge >= 0.3 is 0 Å². The van der Waals surface area contributed by atoms with Crippen molar-refractivity contribution in [2.24, 2.45) is 0 Å². The van der Waals surface area contributed by atoms with E-state index in [9.17, 15) is 16.8 Å². The van der Waals surface area contributed by atoms with E-state index in [-0.39, 0.29) is 41.7 Å². The SMILES string of the molecule is COc1ccc(S(=O)(=O)N2CCN(S(=O)(=O)c3cc(OC)ccc3OC)CC2)cc1. The van der Waals surface area contributed by atoms with Gasteiger partial charge in [0.1, 0.15) is 22.1 Å². The van der Waals surface area contributed by atoms with Crippen LogP contribution in [0.4, 0.5) is 0 Å². The Labute approximate surface area is 176 Å².